The Morgan fingerprint density at radius 3 is 2.40 bits per heavy atom. The fourth-order valence-electron chi connectivity index (χ4n) is 1.29. The van der Waals surface area contributed by atoms with E-state index in [9.17, 15) is 4.55 Å². The third-order valence-electron chi connectivity index (χ3n) is 2.03. The van der Waals surface area contributed by atoms with E-state index in [1.165, 1.54) is 0 Å². The number of pyridine rings is 1. The largest absolute Gasteiger partial charge is 0.281 e. The van der Waals surface area contributed by atoms with Gasteiger partial charge in [0, 0.05) is 17.8 Å². The van der Waals surface area contributed by atoms with Gasteiger partial charge in [-0.2, -0.15) is 4.55 Å². The maximum Gasteiger partial charge on any atom is 0.281 e. The lowest BCUT2D eigenvalue weighted by Crippen LogP contribution is -2.06. The molecular weight excluding hydrogens is 206 g/mol. The summed E-state index contributed by atoms with van der Waals surface area (Å²) >= 11 is -0.795. The summed E-state index contributed by atoms with van der Waals surface area (Å²) in [5.41, 5.74) is 1.13. The first-order chi connectivity index (χ1) is 7.36. The van der Waals surface area contributed by atoms with Crippen LogP contribution in [0.1, 0.15) is 5.56 Å². The van der Waals surface area contributed by atoms with Crippen LogP contribution in [0.15, 0.2) is 59.8 Å². The van der Waals surface area contributed by atoms with Crippen molar-refractivity contribution in [1.82, 2.24) is 4.98 Å². The lowest BCUT2D eigenvalue weighted by atomic mass is 10.2. The molecule has 2 aromatic rings. The maximum atomic E-state index is 9.94. The van der Waals surface area contributed by atoms with Gasteiger partial charge in [0.1, 0.15) is 0 Å². The van der Waals surface area contributed by atoms with Crippen LogP contribution in [0, 0.1) is 0 Å². The second kappa shape index (κ2) is 4.96. The summed E-state index contributed by atoms with van der Waals surface area (Å²) in [4.78, 5) is 4.14. The van der Waals surface area contributed by atoms with Gasteiger partial charge in [-0.1, -0.05) is 36.4 Å². The van der Waals surface area contributed by atoms with E-state index in [2.05, 4.69) is 4.98 Å². The second-order valence-corrected chi connectivity index (χ2v) is 4.60. The molecule has 1 N–H and O–H groups in total. The van der Waals surface area contributed by atoms with Crippen LogP contribution < -0.4 is 0 Å². The number of hydrogen-bond donors (Lipinski definition) is 1. The van der Waals surface area contributed by atoms with Crippen LogP contribution in [0.25, 0.3) is 0 Å². The molecule has 76 valence electrons. The zero-order valence-corrected chi connectivity index (χ0v) is 9.02. The van der Waals surface area contributed by atoms with Crippen molar-refractivity contribution in [2.24, 2.45) is 0 Å². The molecule has 0 bridgehead atoms. The molecule has 0 aliphatic rings. The summed E-state index contributed by atoms with van der Waals surface area (Å²) in [7, 11) is 0. The Hall–Kier alpha value is -1.32. The van der Waals surface area contributed by atoms with E-state index < -0.39 is 11.2 Å². The van der Waals surface area contributed by atoms with Crippen LogP contribution in [-0.4, -0.2) is 9.54 Å². The molecule has 3 heteroatoms. The molecule has 1 atom stereocenters. The number of benzene rings is 1. The molecule has 1 aromatic heterocycles. The van der Waals surface area contributed by atoms with E-state index in [-0.39, 0.29) is 0 Å². The summed E-state index contributed by atoms with van der Waals surface area (Å²) in [5, 5.41) is 0.751. The maximum absolute atomic E-state index is 9.94. The SMILES string of the molecule is O[S+](Cc1ccccc1)c1ccccn1. The van der Waals surface area contributed by atoms with Crippen molar-refractivity contribution >= 4 is 11.2 Å². The van der Waals surface area contributed by atoms with Gasteiger partial charge in [-0.25, -0.2) is 4.98 Å². The lowest BCUT2D eigenvalue weighted by molar-refractivity contribution is 0.633. The van der Waals surface area contributed by atoms with Gasteiger partial charge in [-0.15, -0.1) is 0 Å². The predicted molar refractivity (Wildman–Crippen MR) is 62.6 cm³/mol. The molecule has 0 radical (unpaired) electrons. The smallest absolute Gasteiger partial charge is 0.208 e. The van der Waals surface area contributed by atoms with Gasteiger partial charge in [0.25, 0.3) is 5.03 Å². The Kier molecular flexibility index (Phi) is 3.37. The minimum Gasteiger partial charge on any atom is -0.208 e. The number of nitrogens with zero attached hydrogens (tertiary/aromatic N) is 1. The molecule has 0 aliphatic carbocycles. The Bertz CT molecular complexity index is 404. The van der Waals surface area contributed by atoms with Crippen LogP contribution in [0.4, 0.5) is 0 Å². The van der Waals surface area contributed by atoms with Crippen LogP contribution in [-0.2, 0) is 16.9 Å². The standard InChI is InChI=1S/C12H12NOS/c14-15(12-8-4-5-9-13-12)10-11-6-2-1-3-7-11/h1-9,14H,10H2/q+1. The average Bonchev–Trinajstić information content (AvgIpc) is 2.31. The molecular formula is C12H12NOS+. The molecule has 2 nitrogen and oxygen atoms in total. The van der Waals surface area contributed by atoms with Gasteiger partial charge in [0.05, 0.1) is 0 Å². The minimum absolute atomic E-state index is 0.637. The molecule has 0 amide bonds. The highest BCUT2D eigenvalue weighted by atomic mass is 32.2. The molecule has 0 spiro atoms. The number of rotatable bonds is 3. The highest BCUT2D eigenvalue weighted by molar-refractivity contribution is 7.90. The Balaban J connectivity index is 2.08. The van der Waals surface area contributed by atoms with Gasteiger partial charge in [-0.05, 0) is 6.07 Å². The Morgan fingerprint density at radius 1 is 1.00 bits per heavy atom. The van der Waals surface area contributed by atoms with Crippen molar-refractivity contribution in [2.75, 3.05) is 0 Å². The minimum atomic E-state index is -0.795. The lowest BCUT2D eigenvalue weighted by Gasteiger charge is -1.98. The van der Waals surface area contributed by atoms with Gasteiger partial charge < -0.3 is 0 Å². The molecule has 1 heterocycles. The zero-order valence-electron chi connectivity index (χ0n) is 8.21. The quantitative estimate of drug-likeness (QED) is 0.803. The molecule has 0 aliphatic heterocycles. The normalized spacial score (nSPS) is 12.3. The Labute approximate surface area is 92.2 Å². The van der Waals surface area contributed by atoms with E-state index in [1.54, 1.807) is 6.20 Å². The molecule has 1 aromatic carbocycles. The molecule has 0 fully saturated rings. The second-order valence-electron chi connectivity index (χ2n) is 3.16. The van der Waals surface area contributed by atoms with E-state index >= 15 is 0 Å². The van der Waals surface area contributed by atoms with E-state index in [0.717, 1.165) is 10.6 Å². The van der Waals surface area contributed by atoms with Crippen LogP contribution in [0.5, 0.6) is 0 Å². The summed E-state index contributed by atoms with van der Waals surface area (Å²) in [5.74, 6) is 0.637. The predicted octanol–water partition coefficient (Wildman–Crippen LogP) is 2.73. The molecule has 0 saturated heterocycles. The summed E-state index contributed by atoms with van der Waals surface area (Å²) in [6.45, 7) is 0. The topological polar surface area (TPSA) is 33.1 Å². The van der Waals surface area contributed by atoms with E-state index in [1.807, 2.05) is 48.5 Å². The van der Waals surface area contributed by atoms with Crippen molar-refractivity contribution < 1.29 is 4.55 Å². The highest BCUT2D eigenvalue weighted by Gasteiger charge is 2.20. The third kappa shape index (κ3) is 2.81. The first-order valence-electron chi connectivity index (χ1n) is 4.71. The molecule has 15 heavy (non-hydrogen) atoms. The highest BCUT2D eigenvalue weighted by Crippen LogP contribution is 2.13. The van der Waals surface area contributed by atoms with Crippen LogP contribution >= 0.6 is 0 Å². The third-order valence-corrected chi connectivity index (χ3v) is 3.36. The number of aromatic nitrogens is 1. The summed E-state index contributed by atoms with van der Waals surface area (Å²) in [6, 6.07) is 15.5. The fraction of sp³-hybridized carbons (Fsp3) is 0.0833. The van der Waals surface area contributed by atoms with Gasteiger partial charge in [-0.3, -0.25) is 0 Å². The number of hydrogen-bond acceptors (Lipinski definition) is 2. The first-order valence-corrected chi connectivity index (χ1v) is 6.06. The van der Waals surface area contributed by atoms with E-state index in [4.69, 9.17) is 0 Å². The molecule has 0 saturated carbocycles. The van der Waals surface area contributed by atoms with Crippen molar-refractivity contribution in [3.8, 4) is 0 Å². The molecule has 2 rings (SSSR count). The van der Waals surface area contributed by atoms with Crippen molar-refractivity contribution in [3.05, 3.63) is 60.3 Å². The van der Waals surface area contributed by atoms with Crippen LogP contribution in [0.2, 0.25) is 0 Å². The zero-order chi connectivity index (χ0) is 10.5. The van der Waals surface area contributed by atoms with Gasteiger partial charge in [0.15, 0.2) is 5.75 Å². The molecule has 1 unspecified atom stereocenters. The van der Waals surface area contributed by atoms with Gasteiger partial charge in [0.2, 0.25) is 11.2 Å². The Morgan fingerprint density at radius 2 is 1.73 bits per heavy atom. The summed E-state index contributed by atoms with van der Waals surface area (Å²) < 4.78 is 9.94. The van der Waals surface area contributed by atoms with Gasteiger partial charge >= 0.3 is 0 Å². The fourth-order valence-corrected chi connectivity index (χ4v) is 2.37. The summed E-state index contributed by atoms with van der Waals surface area (Å²) in [6.07, 6.45) is 1.70. The monoisotopic (exact) mass is 218 g/mol. The first kappa shape index (κ1) is 10.2. The van der Waals surface area contributed by atoms with E-state index in [0.29, 0.717) is 5.75 Å². The van der Waals surface area contributed by atoms with Crippen molar-refractivity contribution in [2.45, 2.75) is 10.8 Å². The average molecular weight is 218 g/mol. The van der Waals surface area contributed by atoms with Crippen LogP contribution in [0.3, 0.4) is 0 Å². The van der Waals surface area contributed by atoms with Crippen molar-refractivity contribution in [1.29, 1.82) is 0 Å². The van der Waals surface area contributed by atoms with Crippen molar-refractivity contribution in [3.63, 3.8) is 0 Å².